The fraction of sp³-hybridized carbons (Fsp3) is 0.368. The topological polar surface area (TPSA) is 115 Å². The number of halogens is 6. The molecule has 3 aromatic rings. The van der Waals surface area contributed by atoms with Crippen LogP contribution in [0, 0.1) is 5.82 Å². The Morgan fingerprint density at radius 3 is 2.47 bits per heavy atom. The van der Waals surface area contributed by atoms with E-state index in [-0.39, 0.29) is 40.6 Å². The van der Waals surface area contributed by atoms with E-state index in [1.165, 1.54) is 0 Å². The van der Waals surface area contributed by atoms with Gasteiger partial charge >= 0.3 is 12.1 Å². The molecule has 2 amide bonds. The largest absolute Gasteiger partial charge is 0.453 e. The normalized spacial score (nSPS) is 19.9. The molecule has 34 heavy (non-hydrogen) atoms. The van der Waals surface area contributed by atoms with Gasteiger partial charge in [-0.3, -0.25) is 9.59 Å². The SMILES string of the molecule is C[C@]12CC(=O)Nc3nc(-c4nn(CCC(F)(F)C(F)(F)F)c5ncc(F)cc45)nc(c31)NC2=O. The third-order valence-corrected chi connectivity index (χ3v) is 5.78. The molecular weight excluding hydrogens is 472 g/mol. The van der Waals surface area contributed by atoms with Crippen molar-refractivity contribution in [1.29, 1.82) is 0 Å². The van der Waals surface area contributed by atoms with E-state index in [0.29, 0.717) is 5.56 Å². The van der Waals surface area contributed by atoms with Gasteiger partial charge in [0, 0.05) is 19.4 Å². The maximum Gasteiger partial charge on any atom is 0.453 e. The molecule has 0 aliphatic carbocycles. The first-order valence-electron chi connectivity index (χ1n) is 9.81. The lowest BCUT2D eigenvalue weighted by atomic mass is 9.79. The van der Waals surface area contributed by atoms with E-state index in [0.717, 1.165) is 16.9 Å². The molecule has 0 fully saturated rings. The number of pyridine rings is 1. The summed E-state index contributed by atoms with van der Waals surface area (Å²) in [6.07, 6.45) is -6.77. The van der Waals surface area contributed by atoms with Crippen LogP contribution in [0.25, 0.3) is 22.6 Å². The van der Waals surface area contributed by atoms with E-state index in [4.69, 9.17) is 0 Å². The van der Waals surface area contributed by atoms with E-state index in [1.807, 2.05) is 0 Å². The van der Waals surface area contributed by atoms with E-state index in [2.05, 4.69) is 30.7 Å². The summed E-state index contributed by atoms with van der Waals surface area (Å²) in [6, 6.07) is 0.951. The minimum absolute atomic E-state index is 0.00719. The molecule has 5 heterocycles. The molecule has 2 aliphatic heterocycles. The Balaban J connectivity index is 1.63. The van der Waals surface area contributed by atoms with Crippen LogP contribution in [-0.4, -0.2) is 48.6 Å². The average Bonchev–Trinajstić information content (AvgIpc) is 3.20. The molecule has 0 saturated heterocycles. The number of nitrogens with zero attached hydrogens (tertiary/aromatic N) is 5. The molecule has 1 atom stereocenters. The third-order valence-electron chi connectivity index (χ3n) is 5.78. The van der Waals surface area contributed by atoms with Crippen molar-refractivity contribution in [2.45, 2.75) is 43.8 Å². The molecule has 9 nitrogen and oxygen atoms in total. The van der Waals surface area contributed by atoms with E-state index in [1.54, 1.807) is 6.92 Å². The van der Waals surface area contributed by atoms with Gasteiger partial charge in [-0.05, 0) is 13.0 Å². The maximum atomic E-state index is 13.9. The van der Waals surface area contributed by atoms with Crippen molar-refractivity contribution in [2.24, 2.45) is 0 Å². The standard InChI is InChI=1S/C19H13F6N7O2/c1-17-5-9(33)27-12-10(17)13(30-16(17)34)29-14(28-12)11-8-4-7(20)6-26-15(8)32(31-11)3-2-18(21,22)19(23,24)25/h4,6H,2-3,5H2,1H3,(H2,27,28,29,30,33,34)/t17-/m0/s1. The molecule has 0 unspecified atom stereocenters. The number of hydrogen-bond acceptors (Lipinski definition) is 6. The Kier molecular flexibility index (Phi) is 4.45. The predicted molar refractivity (Wildman–Crippen MR) is 103 cm³/mol. The summed E-state index contributed by atoms with van der Waals surface area (Å²) in [7, 11) is 0. The van der Waals surface area contributed by atoms with Crippen LogP contribution < -0.4 is 10.6 Å². The lowest BCUT2D eigenvalue weighted by molar-refractivity contribution is -0.285. The van der Waals surface area contributed by atoms with Gasteiger partial charge in [-0.1, -0.05) is 0 Å². The first-order valence-corrected chi connectivity index (χ1v) is 9.81. The Hall–Kier alpha value is -3.78. The van der Waals surface area contributed by atoms with Crippen molar-refractivity contribution >= 4 is 34.5 Å². The maximum absolute atomic E-state index is 13.9. The van der Waals surface area contributed by atoms with Crippen molar-refractivity contribution in [3.05, 3.63) is 23.6 Å². The molecule has 0 aromatic carbocycles. The zero-order valence-corrected chi connectivity index (χ0v) is 17.1. The zero-order chi connectivity index (χ0) is 24.6. The number of amides is 2. The number of aryl methyl sites for hydroxylation is 1. The molecule has 3 aromatic heterocycles. The molecule has 0 saturated carbocycles. The Bertz CT molecular complexity index is 1390. The summed E-state index contributed by atoms with van der Waals surface area (Å²) >= 11 is 0. The van der Waals surface area contributed by atoms with Gasteiger partial charge in [0.25, 0.3) is 0 Å². The van der Waals surface area contributed by atoms with Crippen molar-refractivity contribution in [3.63, 3.8) is 0 Å². The summed E-state index contributed by atoms with van der Waals surface area (Å²) in [4.78, 5) is 36.8. The van der Waals surface area contributed by atoms with Crippen LogP contribution in [0.2, 0.25) is 0 Å². The Morgan fingerprint density at radius 1 is 1.12 bits per heavy atom. The summed E-state index contributed by atoms with van der Waals surface area (Å²) in [5, 5.41) is 9.03. The number of anilines is 2. The van der Waals surface area contributed by atoms with Gasteiger partial charge in [0.1, 0.15) is 23.1 Å². The highest BCUT2D eigenvalue weighted by Gasteiger charge is 2.57. The van der Waals surface area contributed by atoms with Gasteiger partial charge in [-0.2, -0.15) is 27.1 Å². The minimum Gasteiger partial charge on any atom is -0.310 e. The molecule has 178 valence electrons. The zero-order valence-electron chi connectivity index (χ0n) is 17.1. The molecule has 0 bridgehead atoms. The van der Waals surface area contributed by atoms with Crippen LogP contribution in [0.1, 0.15) is 25.3 Å². The van der Waals surface area contributed by atoms with Crippen molar-refractivity contribution in [1.82, 2.24) is 24.7 Å². The quantitative estimate of drug-likeness (QED) is 0.549. The first kappa shape index (κ1) is 22.0. The predicted octanol–water partition coefficient (Wildman–Crippen LogP) is 3.17. The smallest absolute Gasteiger partial charge is 0.310 e. The summed E-state index contributed by atoms with van der Waals surface area (Å²) in [6.45, 7) is 0.647. The van der Waals surface area contributed by atoms with Gasteiger partial charge in [0.05, 0.1) is 22.6 Å². The van der Waals surface area contributed by atoms with Crippen LogP contribution in [0.15, 0.2) is 12.3 Å². The molecule has 2 aliphatic rings. The summed E-state index contributed by atoms with van der Waals surface area (Å²) in [5.74, 6) is -6.93. The van der Waals surface area contributed by atoms with E-state index in [9.17, 15) is 35.9 Å². The molecule has 0 radical (unpaired) electrons. The van der Waals surface area contributed by atoms with Gasteiger partial charge < -0.3 is 10.6 Å². The average molecular weight is 485 g/mol. The van der Waals surface area contributed by atoms with Crippen LogP contribution in [-0.2, 0) is 21.5 Å². The van der Waals surface area contributed by atoms with E-state index >= 15 is 0 Å². The Labute approximate surface area is 185 Å². The number of hydrogen-bond donors (Lipinski definition) is 2. The van der Waals surface area contributed by atoms with Crippen molar-refractivity contribution in [3.8, 4) is 11.5 Å². The second-order valence-electron chi connectivity index (χ2n) is 8.18. The van der Waals surface area contributed by atoms with Crippen molar-refractivity contribution in [2.75, 3.05) is 10.6 Å². The number of rotatable bonds is 4. The second kappa shape index (κ2) is 6.87. The Morgan fingerprint density at radius 2 is 1.79 bits per heavy atom. The third kappa shape index (κ3) is 3.17. The highest BCUT2D eigenvalue weighted by atomic mass is 19.4. The number of nitrogens with one attached hydrogen (secondary N) is 2. The van der Waals surface area contributed by atoms with E-state index < -0.39 is 48.1 Å². The molecule has 15 heteroatoms. The lowest BCUT2D eigenvalue weighted by Crippen LogP contribution is -2.39. The number of carbonyl (C=O) groups is 2. The van der Waals surface area contributed by atoms with Gasteiger partial charge in [-0.15, -0.1) is 0 Å². The number of aromatic nitrogens is 5. The fourth-order valence-corrected chi connectivity index (χ4v) is 4.04. The molecule has 2 N–H and O–H groups in total. The highest BCUT2D eigenvalue weighted by molar-refractivity contribution is 6.13. The van der Waals surface area contributed by atoms with Gasteiger partial charge in [0.15, 0.2) is 11.5 Å². The van der Waals surface area contributed by atoms with Crippen molar-refractivity contribution < 1.29 is 35.9 Å². The monoisotopic (exact) mass is 485 g/mol. The minimum atomic E-state index is -5.76. The van der Waals surface area contributed by atoms with Crippen LogP contribution in [0.4, 0.5) is 38.0 Å². The molecule has 5 rings (SSSR count). The molecular formula is C19H13F6N7O2. The fourth-order valence-electron chi connectivity index (χ4n) is 4.04. The van der Waals surface area contributed by atoms with Gasteiger partial charge in [-0.25, -0.2) is 24.0 Å². The number of alkyl halides is 5. The number of fused-ring (bicyclic) bond motifs is 1. The summed E-state index contributed by atoms with van der Waals surface area (Å²) in [5.41, 5.74) is -1.22. The molecule has 0 spiro atoms. The van der Waals surface area contributed by atoms with Crippen LogP contribution in [0.5, 0.6) is 0 Å². The van der Waals surface area contributed by atoms with Crippen LogP contribution >= 0.6 is 0 Å². The van der Waals surface area contributed by atoms with Crippen LogP contribution in [0.3, 0.4) is 0 Å². The second-order valence-corrected chi connectivity index (χ2v) is 8.18. The lowest BCUT2D eigenvalue weighted by Gasteiger charge is -2.27. The number of carbonyl (C=O) groups excluding carboxylic acids is 2. The summed E-state index contributed by atoms with van der Waals surface area (Å²) < 4.78 is 79.4. The highest BCUT2D eigenvalue weighted by Crippen LogP contribution is 2.46. The first-order chi connectivity index (χ1) is 15.8. The van der Waals surface area contributed by atoms with Gasteiger partial charge in [0.2, 0.25) is 11.8 Å².